The van der Waals surface area contributed by atoms with Crippen molar-refractivity contribution in [2.24, 2.45) is 0 Å². The first-order chi connectivity index (χ1) is 28.8. The second-order valence-corrected chi connectivity index (χ2v) is 14.0. The van der Waals surface area contributed by atoms with Gasteiger partial charge >= 0.3 is 26.6 Å². The number of ether oxygens (including phenoxy) is 1. The lowest BCUT2D eigenvalue weighted by atomic mass is 9.81. The minimum Gasteiger partial charge on any atom is -1.00 e. The highest BCUT2D eigenvalue weighted by Gasteiger charge is 2.42. The van der Waals surface area contributed by atoms with Crippen molar-refractivity contribution < 1.29 is 49.0 Å². The van der Waals surface area contributed by atoms with E-state index >= 15 is 0 Å². The van der Waals surface area contributed by atoms with E-state index in [1.807, 2.05) is 55.5 Å². The summed E-state index contributed by atoms with van der Waals surface area (Å²) in [5, 5.41) is 0. The summed E-state index contributed by atoms with van der Waals surface area (Å²) < 4.78 is 72.4. The predicted molar refractivity (Wildman–Crippen MR) is 234 cm³/mol. The molecular formula is C49H43B2F8NO2. The number of allylic oxidation sites excluding steroid dienone is 6. The molecule has 2 aliphatic rings. The van der Waals surface area contributed by atoms with E-state index < -0.39 is 15.1 Å². The number of aryl methyl sites for hydroxylation is 1. The van der Waals surface area contributed by atoms with E-state index in [1.54, 1.807) is 0 Å². The van der Waals surface area contributed by atoms with Crippen LogP contribution < -0.4 is 9.41 Å². The van der Waals surface area contributed by atoms with Crippen LogP contribution in [-0.2, 0) is 10.2 Å². The summed E-state index contributed by atoms with van der Waals surface area (Å²) in [7, 11) is -5.19. The van der Waals surface area contributed by atoms with Gasteiger partial charge in [0.15, 0.2) is 5.71 Å². The van der Waals surface area contributed by atoms with E-state index in [4.69, 9.17) is 9.15 Å². The quantitative estimate of drug-likeness (QED) is 0.0730. The third kappa shape index (κ3) is 13.9. The van der Waals surface area contributed by atoms with Crippen LogP contribution in [0, 0.1) is 6.92 Å². The van der Waals surface area contributed by atoms with Gasteiger partial charge in [0.2, 0.25) is 5.69 Å². The summed E-state index contributed by atoms with van der Waals surface area (Å²) in [6, 6.07) is 54.0. The number of rotatable bonds is 6. The van der Waals surface area contributed by atoms with E-state index in [2.05, 4.69) is 165 Å². The Balaban J connectivity index is 0.000000299. The van der Waals surface area contributed by atoms with E-state index in [0.29, 0.717) is 0 Å². The van der Waals surface area contributed by atoms with Gasteiger partial charge in [-0.25, -0.2) is 4.42 Å². The van der Waals surface area contributed by atoms with Crippen molar-refractivity contribution in [1.29, 1.82) is 0 Å². The number of fused-ring (bicyclic) bond motifs is 1. The van der Waals surface area contributed by atoms with Crippen molar-refractivity contribution in [3.8, 4) is 22.5 Å². The van der Waals surface area contributed by atoms with Crippen molar-refractivity contribution in [2.75, 3.05) is 7.05 Å². The average molecular weight is 851 g/mol. The van der Waals surface area contributed by atoms with E-state index in [0.717, 1.165) is 39.7 Å². The molecule has 0 amide bonds. The van der Waals surface area contributed by atoms with Gasteiger partial charge in [-0.3, -0.25) is 25.9 Å². The number of halogens is 8. The van der Waals surface area contributed by atoms with Crippen LogP contribution in [0.4, 0.5) is 31.6 Å². The number of hydrogen-bond donors (Lipinski definition) is 0. The third-order valence-corrected chi connectivity index (χ3v) is 9.51. The molecule has 5 aromatic carbocycles. The van der Waals surface area contributed by atoms with Gasteiger partial charge in [0.25, 0.3) is 0 Å². The molecule has 0 fully saturated rings. The van der Waals surface area contributed by atoms with Gasteiger partial charge < -0.3 is 14.1 Å². The SMILES string of the molecule is C[N+]1=C(C=CC=C2C=C(c3ccccc3)C=C(c3ccccc3)O2)C(C)(C)c2ccccc21.Cc1cc(-c2ccccc2)cc(-c2ccccc2)[o+]1.FB(F)F.FB(F)F.[F-].[F-]. The lowest BCUT2D eigenvalue weighted by molar-refractivity contribution is -0.401. The highest BCUT2D eigenvalue weighted by Crippen LogP contribution is 2.39. The van der Waals surface area contributed by atoms with Gasteiger partial charge in [-0.2, -0.15) is 4.58 Å². The summed E-state index contributed by atoms with van der Waals surface area (Å²) in [5.74, 6) is 3.50. The molecule has 0 bridgehead atoms. The zero-order valence-electron chi connectivity index (χ0n) is 34.3. The molecule has 3 heterocycles. The minimum atomic E-state index is -3.67. The maximum atomic E-state index is 9.67. The molecule has 0 unspecified atom stereocenters. The minimum absolute atomic E-state index is 0. The van der Waals surface area contributed by atoms with E-state index in [-0.39, 0.29) is 14.8 Å². The monoisotopic (exact) mass is 851 g/mol. The molecule has 2 aliphatic heterocycles. The molecule has 13 heteroatoms. The second kappa shape index (κ2) is 23.9. The second-order valence-electron chi connectivity index (χ2n) is 14.0. The molecule has 1 aromatic heterocycles. The smallest absolute Gasteiger partial charge is 0.762 e. The molecule has 6 aromatic rings. The van der Waals surface area contributed by atoms with Crippen LogP contribution in [0.5, 0.6) is 0 Å². The molecule has 0 saturated heterocycles. The van der Waals surface area contributed by atoms with Crippen molar-refractivity contribution in [2.45, 2.75) is 26.2 Å². The lowest BCUT2D eigenvalue weighted by Crippen LogP contribution is -3.00. The highest BCUT2D eigenvalue weighted by molar-refractivity contribution is 6.33. The normalized spacial score (nSPS) is 13.7. The summed E-state index contributed by atoms with van der Waals surface area (Å²) in [5.41, 5.74) is 10.7. The van der Waals surface area contributed by atoms with Gasteiger partial charge in [0.05, 0.1) is 24.0 Å². The predicted octanol–water partition coefficient (Wildman–Crippen LogP) is 8.26. The fraction of sp³-hybridized carbons (Fsp3) is 0.102. The first-order valence-corrected chi connectivity index (χ1v) is 19.0. The van der Waals surface area contributed by atoms with Crippen molar-refractivity contribution >= 4 is 37.8 Å². The van der Waals surface area contributed by atoms with Gasteiger partial charge in [0.1, 0.15) is 18.6 Å². The Morgan fingerprint density at radius 2 is 1.05 bits per heavy atom. The molecule has 3 nitrogen and oxygen atoms in total. The van der Waals surface area contributed by atoms with Crippen LogP contribution in [-0.4, -0.2) is 32.4 Å². The Kier molecular flexibility index (Phi) is 19.1. The molecule has 0 radical (unpaired) electrons. The highest BCUT2D eigenvalue weighted by atomic mass is 19.4. The third-order valence-electron chi connectivity index (χ3n) is 9.51. The summed E-state index contributed by atoms with van der Waals surface area (Å²) in [4.78, 5) is 0. The molecule has 0 atom stereocenters. The average Bonchev–Trinajstić information content (AvgIpc) is 3.45. The van der Waals surface area contributed by atoms with Crippen LogP contribution in [0.3, 0.4) is 0 Å². The fourth-order valence-electron chi connectivity index (χ4n) is 6.86. The van der Waals surface area contributed by atoms with Crippen LogP contribution >= 0.6 is 0 Å². The van der Waals surface area contributed by atoms with Gasteiger partial charge in [0, 0.05) is 34.9 Å². The molecule has 318 valence electrons. The number of benzene rings is 5. The summed E-state index contributed by atoms with van der Waals surface area (Å²) >= 11 is 0. The molecule has 0 aliphatic carbocycles. The Morgan fingerprint density at radius 1 is 0.581 bits per heavy atom. The van der Waals surface area contributed by atoms with Crippen molar-refractivity contribution in [1.82, 2.24) is 0 Å². The van der Waals surface area contributed by atoms with E-state index in [9.17, 15) is 25.9 Å². The molecule has 0 spiro atoms. The maximum Gasteiger partial charge on any atom is 0.762 e. The fourth-order valence-corrected chi connectivity index (χ4v) is 6.86. The first-order valence-electron chi connectivity index (χ1n) is 19.0. The molecule has 0 saturated carbocycles. The molecular weight excluding hydrogens is 808 g/mol. The van der Waals surface area contributed by atoms with E-state index in [1.165, 1.54) is 33.7 Å². The van der Waals surface area contributed by atoms with Gasteiger partial charge in [-0.1, -0.05) is 133 Å². The summed E-state index contributed by atoms with van der Waals surface area (Å²) in [6.45, 7) is 6.55. The topological polar surface area (TPSA) is 23.5 Å². The van der Waals surface area contributed by atoms with Crippen LogP contribution in [0.15, 0.2) is 198 Å². The zero-order chi connectivity index (χ0) is 43.1. The molecule has 0 N–H and O–H groups in total. The van der Waals surface area contributed by atoms with Crippen LogP contribution in [0.1, 0.15) is 36.3 Å². The number of nitrogens with zero attached hydrogens (tertiary/aromatic N) is 1. The van der Waals surface area contributed by atoms with Gasteiger partial charge in [-0.15, -0.1) is 0 Å². The lowest BCUT2D eigenvalue weighted by Gasteiger charge is -2.18. The first kappa shape index (κ1) is 49.6. The largest absolute Gasteiger partial charge is 1.00 e. The standard InChI is InChI=1S/C31H28NO.C18H15O.2BF3.2FH/c1-31(2)27-18-10-11-19-28(27)32(3)30(31)20-12-17-26-21-25(23-13-6-4-7-14-23)22-29(33-26)24-15-8-5-9-16-24;1-14-12-17(15-8-4-2-5-9-15)13-18(19-14)16-10-6-3-7-11-16;2*2-1(3)4;;/h4-22H,1-3H3;2-13H,1H3;;;2*1H/q2*+1;;;;/p-2. The Hall–Kier alpha value is -6.75. The number of hydrogen-bond acceptors (Lipinski definition) is 1. The Labute approximate surface area is 357 Å². The van der Waals surface area contributed by atoms with Crippen molar-refractivity contribution in [3.05, 3.63) is 216 Å². The van der Waals surface area contributed by atoms with Crippen LogP contribution in [0.2, 0.25) is 0 Å². The molecule has 62 heavy (non-hydrogen) atoms. The number of para-hydroxylation sites is 1. The maximum absolute atomic E-state index is 9.67. The molecule has 8 rings (SSSR count). The van der Waals surface area contributed by atoms with Crippen LogP contribution in [0.25, 0.3) is 33.8 Å². The zero-order valence-corrected chi connectivity index (χ0v) is 34.3. The Morgan fingerprint density at radius 3 is 1.58 bits per heavy atom. The summed E-state index contributed by atoms with van der Waals surface area (Å²) in [6.07, 6.45) is 10.6. The van der Waals surface area contributed by atoms with Crippen molar-refractivity contribution in [3.63, 3.8) is 0 Å². The Bertz CT molecular complexity index is 2410. The van der Waals surface area contributed by atoms with Gasteiger partial charge in [-0.05, 0) is 60.9 Å².